The van der Waals surface area contributed by atoms with Gasteiger partial charge in [-0.1, -0.05) is 19.1 Å². The van der Waals surface area contributed by atoms with Gasteiger partial charge in [-0.2, -0.15) is 18.4 Å². The highest BCUT2D eigenvalue weighted by Crippen LogP contribution is 2.50. The third kappa shape index (κ3) is 5.66. The van der Waals surface area contributed by atoms with Crippen molar-refractivity contribution >= 4 is 11.6 Å². The molecule has 1 aliphatic carbocycles. The molecule has 2 fully saturated rings. The van der Waals surface area contributed by atoms with Gasteiger partial charge in [0.15, 0.2) is 0 Å². The summed E-state index contributed by atoms with van der Waals surface area (Å²) in [5, 5.41) is 17.8. The van der Waals surface area contributed by atoms with Crippen molar-refractivity contribution in [3.63, 3.8) is 0 Å². The van der Waals surface area contributed by atoms with E-state index in [9.17, 15) is 23.2 Å². The molecule has 0 bridgehead atoms. The topological polar surface area (TPSA) is 87.3 Å². The number of anilines is 1. The van der Waals surface area contributed by atoms with Crippen LogP contribution >= 0.6 is 0 Å². The van der Waals surface area contributed by atoms with Crippen molar-refractivity contribution in [2.75, 3.05) is 24.6 Å². The Morgan fingerprint density at radius 2 is 2.02 bits per heavy atom. The van der Waals surface area contributed by atoms with Gasteiger partial charge in [0.05, 0.1) is 24.3 Å². The zero-order valence-electron chi connectivity index (χ0n) is 24.4. The number of alkyl halides is 3. The van der Waals surface area contributed by atoms with Crippen molar-refractivity contribution in [2.45, 2.75) is 69.8 Å². The van der Waals surface area contributed by atoms with E-state index < -0.39 is 17.6 Å². The van der Waals surface area contributed by atoms with Crippen LogP contribution in [0.2, 0.25) is 0 Å². The van der Waals surface area contributed by atoms with Gasteiger partial charge in [0.25, 0.3) is 5.91 Å². The molecule has 2 aliphatic heterocycles. The van der Waals surface area contributed by atoms with Crippen LogP contribution in [0.25, 0.3) is 0 Å². The van der Waals surface area contributed by atoms with E-state index in [0.29, 0.717) is 50.2 Å². The Labute approximate surface area is 249 Å². The van der Waals surface area contributed by atoms with Crippen LogP contribution in [0.4, 0.5) is 18.9 Å². The average Bonchev–Trinajstić information content (AvgIpc) is 3.43. The summed E-state index contributed by atoms with van der Waals surface area (Å²) < 4.78 is 50.9. The molecular weight excluding hydrogens is 557 g/mol. The maximum absolute atomic E-state index is 14.4. The van der Waals surface area contributed by atoms with Crippen LogP contribution in [-0.2, 0) is 42.9 Å². The number of hydrogen-bond acceptors (Lipinski definition) is 6. The van der Waals surface area contributed by atoms with Crippen molar-refractivity contribution < 1.29 is 22.7 Å². The first kappa shape index (κ1) is 29.3. The van der Waals surface area contributed by atoms with E-state index in [1.54, 1.807) is 18.5 Å². The molecule has 11 heteroatoms. The molecule has 0 radical (unpaired) electrons. The minimum atomic E-state index is -4.59. The number of benzene rings is 2. The largest absolute Gasteiger partial charge is 0.416 e. The van der Waals surface area contributed by atoms with Gasteiger partial charge in [0.2, 0.25) is 0 Å². The molecule has 1 saturated heterocycles. The minimum absolute atomic E-state index is 0.0132. The number of amides is 1. The van der Waals surface area contributed by atoms with Crippen molar-refractivity contribution in [3.8, 4) is 6.07 Å². The van der Waals surface area contributed by atoms with Crippen LogP contribution in [0.5, 0.6) is 0 Å². The molecule has 3 heterocycles. The van der Waals surface area contributed by atoms with E-state index in [1.165, 1.54) is 11.0 Å². The normalized spacial score (nSPS) is 24.4. The van der Waals surface area contributed by atoms with Gasteiger partial charge in [0.1, 0.15) is 12.2 Å². The average molecular weight is 593 g/mol. The molecule has 1 amide bonds. The Hall–Kier alpha value is -3.75. The number of hydrogen-bond donors (Lipinski definition) is 0. The van der Waals surface area contributed by atoms with E-state index in [4.69, 9.17) is 4.74 Å². The fraction of sp³-hybridized carbons (Fsp3) is 0.500. The molecule has 0 N–H and O–H groups in total. The summed E-state index contributed by atoms with van der Waals surface area (Å²) in [6.45, 7) is 4.21. The number of rotatable bonds is 7. The van der Waals surface area contributed by atoms with Gasteiger partial charge in [-0.3, -0.25) is 9.69 Å². The maximum atomic E-state index is 14.4. The Morgan fingerprint density at radius 3 is 2.72 bits per heavy atom. The fourth-order valence-electron chi connectivity index (χ4n) is 6.87. The van der Waals surface area contributed by atoms with E-state index in [2.05, 4.69) is 21.2 Å². The highest BCUT2D eigenvalue weighted by molar-refractivity contribution is 6.10. The summed E-state index contributed by atoms with van der Waals surface area (Å²) in [5.74, 6) is 0.261. The zero-order chi connectivity index (χ0) is 30.4. The number of aromatic nitrogens is 3. The predicted octanol–water partition coefficient (Wildman–Crippen LogP) is 5.41. The number of nitriles is 1. The predicted molar refractivity (Wildman–Crippen MR) is 153 cm³/mol. The second kappa shape index (κ2) is 11.4. The van der Waals surface area contributed by atoms with E-state index >= 15 is 0 Å². The van der Waals surface area contributed by atoms with Crippen molar-refractivity contribution in [3.05, 3.63) is 76.4 Å². The van der Waals surface area contributed by atoms with Crippen molar-refractivity contribution in [2.24, 2.45) is 13.0 Å². The molecule has 3 aromatic rings. The number of carbonyl (C=O) groups excluding carboxylic acids is 1. The monoisotopic (exact) mass is 592 g/mol. The fourth-order valence-corrected chi connectivity index (χ4v) is 6.87. The van der Waals surface area contributed by atoms with E-state index in [-0.39, 0.29) is 35.1 Å². The standard InChI is InChI=1S/C32H35F3N6O2/c1-3-25-18-40(8-5-9-43-25)17-21-10-26-27(28(11-21)32(33,34)35)19-41(30(26)42)24-7-4-6-23(12-24)31(13-22(14-31)16-36)15-29-38-37-20-39(29)2/h4,6-7,10-12,20,22,25H,3,5,8-9,13-15,17-19H2,1-2H3/t22-,25?,31-. The molecule has 226 valence electrons. The molecule has 43 heavy (non-hydrogen) atoms. The summed E-state index contributed by atoms with van der Waals surface area (Å²) in [6.07, 6.45) is 0.564. The van der Waals surface area contributed by atoms with Crippen molar-refractivity contribution in [1.82, 2.24) is 19.7 Å². The molecule has 6 rings (SSSR count). The van der Waals surface area contributed by atoms with Gasteiger partial charge in [-0.05, 0) is 66.6 Å². The number of fused-ring (bicyclic) bond motifs is 1. The Morgan fingerprint density at radius 1 is 1.21 bits per heavy atom. The quantitative estimate of drug-likeness (QED) is 0.365. The number of halogens is 3. The first-order chi connectivity index (χ1) is 20.6. The second-order valence-corrected chi connectivity index (χ2v) is 12.1. The van der Waals surface area contributed by atoms with Gasteiger partial charge in [-0.25, -0.2) is 0 Å². The number of carbonyl (C=O) groups is 1. The van der Waals surface area contributed by atoms with Gasteiger partial charge in [0, 0.05) is 62.3 Å². The molecule has 1 aromatic heterocycles. The second-order valence-electron chi connectivity index (χ2n) is 12.1. The first-order valence-electron chi connectivity index (χ1n) is 14.8. The van der Waals surface area contributed by atoms with Crippen LogP contribution in [0, 0.1) is 17.2 Å². The highest BCUT2D eigenvalue weighted by Gasteiger charge is 2.47. The van der Waals surface area contributed by atoms with E-state index in [1.807, 2.05) is 36.7 Å². The molecule has 1 unspecified atom stereocenters. The number of aryl methyl sites for hydroxylation is 1. The lowest BCUT2D eigenvalue weighted by Gasteiger charge is -2.45. The Bertz CT molecular complexity index is 1560. The number of nitrogens with zero attached hydrogens (tertiary/aromatic N) is 6. The Kier molecular flexibility index (Phi) is 7.77. The molecular formula is C32H35F3N6O2. The van der Waals surface area contributed by atoms with Crippen LogP contribution < -0.4 is 4.90 Å². The maximum Gasteiger partial charge on any atom is 0.416 e. The molecule has 1 saturated carbocycles. The third-order valence-electron chi connectivity index (χ3n) is 9.23. The van der Waals surface area contributed by atoms with Crippen LogP contribution in [0.15, 0.2) is 42.7 Å². The smallest absolute Gasteiger partial charge is 0.377 e. The van der Waals surface area contributed by atoms with Gasteiger partial charge >= 0.3 is 6.18 Å². The van der Waals surface area contributed by atoms with Crippen LogP contribution in [0.1, 0.15) is 71.0 Å². The summed E-state index contributed by atoms with van der Waals surface area (Å²) in [4.78, 5) is 17.3. The van der Waals surface area contributed by atoms with Crippen LogP contribution in [-0.4, -0.2) is 51.4 Å². The lowest BCUT2D eigenvalue weighted by atomic mass is 9.57. The Balaban J connectivity index is 1.31. The molecule has 8 nitrogen and oxygen atoms in total. The highest BCUT2D eigenvalue weighted by atomic mass is 19.4. The lowest BCUT2D eigenvalue weighted by Crippen LogP contribution is -2.43. The SMILES string of the molecule is CCC1CN(Cc2cc3c(c(C(F)(F)F)c2)CN(c2cccc([C@]4(Cc5nncn5C)C[C@@H](C#N)C4)c2)C3=O)CCCO1. The van der Waals surface area contributed by atoms with E-state index in [0.717, 1.165) is 30.8 Å². The first-order valence-corrected chi connectivity index (χ1v) is 14.8. The van der Waals surface area contributed by atoms with Crippen molar-refractivity contribution in [1.29, 1.82) is 5.26 Å². The summed E-state index contributed by atoms with van der Waals surface area (Å²) in [6, 6.07) is 12.7. The minimum Gasteiger partial charge on any atom is -0.377 e. The van der Waals surface area contributed by atoms with Gasteiger partial charge in [-0.15, -0.1) is 10.2 Å². The summed E-state index contributed by atoms with van der Waals surface area (Å²) >= 11 is 0. The number of ether oxygens (including phenoxy) is 1. The lowest BCUT2D eigenvalue weighted by molar-refractivity contribution is -0.138. The molecule has 3 aliphatic rings. The third-order valence-corrected chi connectivity index (χ3v) is 9.23. The van der Waals surface area contributed by atoms with Gasteiger partial charge < -0.3 is 14.2 Å². The summed E-state index contributed by atoms with van der Waals surface area (Å²) in [5.41, 5.74) is 0.959. The zero-order valence-corrected chi connectivity index (χ0v) is 24.4. The molecule has 1 atom stereocenters. The summed E-state index contributed by atoms with van der Waals surface area (Å²) in [7, 11) is 1.87. The molecule has 2 aromatic carbocycles. The molecule has 0 spiro atoms. The van der Waals surface area contributed by atoms with Crippen LogP contribution in [0.3, 0.4) is 0 Å².